The summed E-state index contributed by atoms with van der Waals surface area (Å²) in [7, 11) is 0. The summed E-state index contributed by atoms with van der Waals surface area (Å²) >= 11 is 0. The Bertz CT molecular complexity index is 873. The Morgan fingerprint density at radius 1 is 1.14 bits per heavy atom. The van der Waals surface area contributed by atoms with Crippen LogP contribution in [0.3, 0.4) is 0 Å². The van der Waals surface area contributed by atoms with Gasteiger partial charge in [-0.2, -0.15) is 8.78 Å². The quantitative estimate of drug-likeness (QED) is 0.729. The number of hydrogen-bond donors (Lipinski definition) is 1. The predicted octanol–water partition coefficient (Wildman–Crippen LogP) is 2.88. The van der Waals surface area contributed by atoms with Gasteiger partial charge < -0.3 is 24.3 Å². The van der Waals surface area contributed by atoms with E-state index in [0.717, 1.165) is 5.56 Å². The lowest BCUT2D eigenvalue weighted by molar-refractivity contribution is -0.129. The van der Waals surface area contributed by atoms with Crippen LogP contribution in [0.2, 0.25) is 0 Å². The number of alkyl halides is 2. The first-order valence-electron chi connectivity index (χ1n) is 8.35. The van der Waals surface area contributed by atoms with Crippen LogP contribution in [0.25, 0.3) is 0 Å². The van der Waals surface area contributed by atoms with Gasteiger partial charge in [0.05, 0.1) is 0 Å². The molecule has 148 valence electrons. The molecule has 28 heavy (non-hydrogen) atoms. The van der Waals surface area contributed by atoms with Crippen LogP contribution in [0, 0.1) is 0 Å². The first kappa shape index (κ1) is 19.4. The highest BCUT2D eigenvalue weighted by molar-refractivity contribution is 5.94. The molecule has 0 fully saturated rings. The summed E-state index contributed by atoms with van der Waals surface area (Å²) in [5, 5.41) is 2.63. The van der Waals surface area contributed by atoms with Crippen molar-refractivity contribution in [3.8, 4) is 17.2 Å². The summed E-state index contributed by atoms with van der Waals surface area (Å²) < 4.78 is 44.7. The Hall–Kier alpha value is -3.36. The van der Waals surface area contributed by atoms with E-state index in [-0.39, 0.29) is 24.7 Å². The SMILES string of the molecule is C[C@H](OC(=O)c1ccccc1OC(F)F)C(=O)NCc1ccc2c(c1)OCO2. The minimum Gasteiger partial charge on any atom is -0.454 e. The van der Waals surface area contributed by atoms with Gasteiger partial charge >= 0.3 is 12.6 Å². The second-order valence-corrected chi connectivity index (χ2v) is 5.83. The highest BCUT2D eigenvalue weighted by Crippen LogP contribution is 2.32. The average Bonchev–Trinajstić information content (AvgIpc) is 3.13. The molecule has 7 nitrogen and oxygen atoms in total. The standard InChI is InChI=1S/C19H17F2NO6/c1-11(27-18(24)13-4-2-3-5-14(13)28-19(20)21)17(23)22-9-12-6-7-15-16(8-12)26-10-25-15/h2-8,11,19H,9-10H2,1H3,(H,22,23)/t11-/m0/s1. The van der Waals surface area contributed by atoms with Gasteiger partial charge in [0.2, 0.25) is 6.79 Å². The summed E-state index contributed by atoms with van der Waals surface area (Å²) in [6.07, 6.45) is -1.14. The normalized spacial score (nSPS) is 13.1. The molecule has 0 spiro atoms. The number of rotatable bonds is 7. The number of amides is 1. The summed E-state index contributed by atoms with van der Waals surface area (Å²) in [6.45, 7) is -1.38. The molecule has 0 bridgehead atoms. The fourth-order valence-electron chi connectivity index (χ4n) is 2.50. The van der Waals surface area contributed by atoms with Crippen LogP contribution in [0.1, 0.15) is 22.8 Å². The Morgan fingerprint density at radius 3 is 2.68 bits per heavy atom. The lowest BCUT2D eigenvalue weighted by Crippen LogP contribution is -2.35. The number of para-hydroxylation sites is 1. The minimum absolute atomic E-state index is 0.148. The zero-order chi connectivity index (χ0) is 20.1. The smallest absolute Gasteiger partial charge is 0.387 e. The molecule has 1 amide bonds. The average molecular weight is 393 g/mol. The fraction of sp³-hybridized carbons (Fsp3) is 0.263. The second kappa shape index (κ2) is 8.55. The lowest BCUT2D eigenvalue weighted by atomic mass is 10.2. The van der Waals surface area contributed by atoms with Gasteiger partial charge in [-0.25, -0.2) is 4.79 Å². The Kier molecular flexibility index (Phi) is 5.93. The Morgan fingerprint density at radius 2 is 1.89 bits per heavy atom. The van der Waals surface area contributed by atoms with E-state index in [9.17, 15) is 18.4 Å². The first-order valence-corrected chi connectivity index (χ1v) is 8.35. The van der Waals surface area contributed by atoms with Crippen LogP contribution in [-0.4, -0.2) is 31.4 Å². The minimum atomic E-state index is -3.09. The van der Waals surface area contributed by atoms with Crippen molar-refractivity contribution in [1.29, 1.82) is 0 Å². The van der Waals surface area contributed by atoms with E-state index in [2.05, 4.69) is 10.1 Å². The van der Waals surface area contributed by atoms with Gasteiger partial charge in [0.15, 0.2) is 17.6 Å². The van der Waals surface area contributed by atoms with Gasteiger partial charge in [0.25, 0.3) is 5.91 Å². The number of benzene rings is 2. The molecule has 0 aliphatic carbocycles. The summed E-state index contributed by atoms with van der Waals surface area (Å²) in [5.41, 5.74) is 0.574. The number of ether oxygens (including phenoxy) is 4. The number of carbonyl (C=O) groups excluding carboxylic acids is 2. The van der Waals surface area contributed by atoms with Gasteiger partial charge in [-0.15, -0.1) is 0 Å². The summed E-state index contributed by atoms with van der Waals surface area (Å²) in [4.78, 5) is 24.4. The monoisotopic (exact) mass is 393 g/mol. The number of hydrogen-bond acceptors (Lipinski definition) is 6. The molecule has 1 heterocycles. The molecule has 2 aromatic rings. The van der Waals surface area contributed by atoms with Gasteiger partial charge in [-0.3, -0.25) is 4.79 Å². The molecule has 1 N–H and O–H groups in total. The van der Waals surface area contributed by atoms with Gasteiger partial charge in [0, 0.05) is 6.54 Å². The van der Waals surface area contributed by atoms with E-state index < -0.39 is 24.6 Å². The molecule has 2 aromatic carbocycles. The van der Waals surface area contributed by atoms with Crippen LogP contribution in [-0.2, 0) is 16.1 Å². The molecule has 3 rings (SSSR count). The van der Waals surface area contributed by atoms with Crippen molar-refractivity contribution in [1.82, 2.24) is 5.32 Å². The van der Waals surface area contributed by atoms with Crippen molar-refractivity contribution in [2.45, 2.75) is 26.2 Å². The van der Waals surface area contributed by atoms with Crippen LogP contribution in [0.4, 0.5) is 8.78 Å². The van der Waals surface area contributed by atoms with E-state index in [1.807, 2.05) is 0 Å². The van der Waals surface area contributed by atoms with Crippen LogP contribution in [0.15, 0.2) is 42.5 Å². The van der Waals surface area contributed by atoms with Crippen molar-refractivity contribution < 1.29 is 37.3 Å². The summed E-state index contributed by atoms with van der Waals surface area (Å²) in [6, 6.07) is 10.6. The third-order valence-corrected chi connectivity index (χ3v) is 3.88. The predicted molar refractivity (Wildman–Crippen MR) is 92.4 cm³/mol. The Balaban J connectivity index is 1.56. The first-order chi connectivity index (χ1) is 13.4. The van der Waals surface area contributed by atoms with E-state index >= 15 is 0 Å². The highest BCUT2D eigenvalue weighted by atomic mass is 19.3. The van der Waals surface area contributed by atoms with Crippen molar-refractivity contribution in [3.05, 3.63) is 53.6 Å². The molecule has 1 aliphatic rings. The Labute approximate surface area is 159 Å². The lowest BCUT2D eigenvalue weighted by Gasteiger charge is -2.15. The van der Waals surface area contributed by atoms with E-state index in [1.54, 1.807) is 18.2 Å². The van der Waals surface area contributed by atoms with Crippen molar-refractivity contribution in [3.63, 3.8) is 0 Å². The molecular formula is C19H17F2NO6. The number of carbonyl (C=O) groups is 2. The van der Waals surface area contributed by atoms with E-state index in [0.29, 0.717) is 11.5 Å². The van der Waals surface area contributed by atoms with Crippen molar-refractivity contribution in [2.24, 2.45) is 0 Å². The molecule has 1 aliphatic heterocycles. The van der Waals surface area contributed by atoms with Gasteiger partial charge in [0.1, 0.15) is 11.3 Å². The maximum Gasteiger partial charge on any atom is 0.387 e. The number of halogens is 2. The molecular weight excluding hydrogens is 376 g/mol. The van der Waals surface area contributed by atoms with Crippen LogP contribution in [0.5, 0.6) is 17.2 Å². The zero-order valence-electron chi connectivity index (χ0n) is 14.8. The number of nitrogens with one attached hydrogen (secondary N) is 1. The molecule has 0 radical (unpaired) electrons. The van der Waals surface area contributed by atoms with E-state index in [4.69, 9.17) is 14.2 Å². The van der Waals surface area contributed by atoms with Crippen molar-refractivity contribution >= 4 is 11.9 Å². The number of fused-ring (bicyclic) bond motifs is 1. The number of esters is 1. The highest BCUT2D eigenvalue weighted by Gasteiger charge is 2.22. The largest absolute Gasteiger partial charge is 0.454 e. The molecule has 0 unspecified atom stereocenters. The van der Waals surface area contributed by atoms with Gasteiger partial charge in [-0.1, -0.05) is 18.2 Å². The second-order valence-electron chi connectivity index (χ2n) is 5.83. The third kappa shape index (κ3) is 4.67. The topological polar surface area (TPSA) is 83.1 Å². The summed E-state index contributed by atoms with van der Waals surface area (Å²) in [5.74, 6) is -0.598. The molecule has 0 aromatic heterocycles. The third-order valence-electron chi connectivity index (χ3n) is 3.88. The molecule has 1 atom stereocenters. The zero-order valence-corrected chi connectivity index (χ0v) is 14.8. The van der Waals surface area contributed by atoms with Crippen LogP contribution >= 0.6 is 0 Å². The van der Waals surface area contributed by atoms with Gasteiger partial charge in [-0.05, 0) is 36.8 Å². The molecule has 0 saturated heterocycles. The van der Waals surface area contributed by atoms with E-state index in [1.165, 1.54) is 31.2 Å². The van der Waals surface area contributed by atoms with Crippen molar-refractivity contribution in [2.75, 3.05) is 6.79 Å². The van der Waals surface area contributed by atoms with Crippen LogP contribution < -0.4 is 19.5 Å². The molecule has 9 heteroatoms. The fourth-order valence-corrected chi connectivity index (χ4v) is 2.50. The maximum atomic E-state index is 12.4. The maximum absolute atomic E-state index is 12.4. The molecule has 0 saturated carbocycles.